The van der Waals surface area contributed by atoms with Crippen molar-refractivity contribution >= 4 is 53.7 Å². The van der Waals surface area contributed by atoms with Gasteiger partial charge in [0.05, 0.1) is 16.7 Å². The van der Waals surface area contributed by atoms with E-state index in [1.165, 1.54) is 0 Å². The quantitative estimate of drug-likeness (QED) is 0.552. The highest BCUT2D eigenvalue weighted by atomic mass is 79.9. The molecule has 0 unspecified atom stereocenters. The highest BCUT2D eigenvalue weighted by molar-refractivity contribution is 9.10. The van der Waals surface area contributed by atoms with Crippen LogP contribution in [0.15, 0.2) is 39.4 Å². The van der Waals surface area contributed by atoms with Crippen molar-refractivity contribution in [2.45, 2.75) is 6.92 Å². The number of rotatable bonds is 0. The lowest BCUT2D eigenvalue weighted by atomic mass is 10.1. The third-order valence-electron chi connectivity index (χ3n) is 2.73. The number of hydrogen-bond acceptors (Lipinski definition) is 2. The molecule has 0 atom stereocenters. The predicted molar refractivity (Wildman–Crippen MR) is 77.2 cm³/mol. The highest BCUT2D eigenvalue weighted by Crippen LogP contribution is 2.27. The lowest BCUT2D eigenvalue weighted by Gasteiger charge is -2.05. The zero-order chi connectivity index (χ0) is 12.0. The van der Waals surface area contributed by atoms with Crippen LogP contribution in [0.3, 0.4) is 0 Å². The Balaban J connectivity index is 2.50. The molecule has 2 aromatic heterocycles. The molecule has 1 aromatic carbocycles. The molecule has 0 saturated heterocycles. The molecule has 2 heterocycles. The number of pyridine rings is 2. The van der Waals surface area contributed by atoms with Crippen LogP contribution in [0.5, 0.6) is 0 Å². The fourth-order valence-corrected chi connectivity index (χ4v) is 2.56. The summed E-state index contributed by atoms with van der Waals surface area (Å²) in [6.45, 7) is 1.99. The predicted octanol–water partition coefficient (Wildman–Crippen LogP) is 4.62. The van der Waals surface area contributed by atoms with Crippen molar-refractivity contribution < 1.29 is 0 Å². The van der Waals surface area contributed by atoms with Crippen LogP contribution < -0.4 is 0 Å². The molecule has 0 bridgehead atoms. The summed E-state index contributed by atoms with van der Waals surface area (Å²) >= 11 is 6.93. The fourth-order valence-electron chi connectivity index (χ4n) is 1.87. The van der Waals surface area contributed by atoms with Gasteiger partial charge in [0.2, 0.25) is 0 Å². The summed E-state index contributed by atoms with van der Waals surface area (Å²) in [6.07, 6.45) is 1.81. The van der Waals surface area contributed by atoms with E-state index in [0.717, 1.165) is 36.4 Å². The minimum atomic E-state index is 0.946. The van der Waals surface area contributed by atoms with E-state index in [2.05, 4.69) is 66.1 Å². The van der Waals surface area contributed by atoms with E-state index in [1.54, 1.807) is 6.20 Å². The van der Waals surface area contributed by atoms with E-state index in [0.29, 0.717) is 0 Å². The Hall–Kier alpha value is -1.00. The Kier molecular flexibility index (Phi) is 2.64. The lowest BCUT2D eigenvalue weighted by molar-refractivity contribution is 1.23. The molecule has 0 fully saturated rings. The van der Waals surface area contributed by atoms with Gasteiger partial charge in [-0.05, 0) is 50.9 Å². The molecule has 0 aliphatic heterocycles. The topological polar surface area (TPSA) is 25.8 Å². The van der Waals surface area contributed by atoms with E-state index in [1.807, 2.05) is 6.92 Å². The number of fused-ring (bicyclic) bond motifs is 3. The van der Waals surface area contributed by atoms with Gasteiger partial charge in [0.25, 0.3) is 0 Å². The normalized spacial score (nSPS) is 11.2. The first-order valence-electron chi connectivity index (χ1n) is 5.16. The molecule has 3 rings (SSSR count). The van der Waals surface area contributed by atoms with Crippen LogP contribution in [0.1, 0.15) is 5.69 Å². The van der Waals surface area contributed by atoms with Crippen molar-refractivity contribution in [3.05, 3.63) is 45.1 Å². The van der Waals surface area contributed by atoms with Crippen molar-refractivity contribution in [2.75, 3.05) is 0 Å². The molecule has 0 aliphatic rings. The van der Waals surface area contributed by atoms with Crippen LogP contribution in [0, 0.1) is 6.92 Å². The summed E-state index contributed by atoms with van der Waals surface area (Å²) in [4.78, 5) is 9.06. The second kappa shape index (κ2) is 4.03. The maximum atomic E-state index is 4.61. The second-order valence-corrected chi connectivity index (χ2v) is 5.69. The second-order valence-electron chi connectivity index (χ2n) is 3.92. The number of halogens is 2. The maximum absolute atomic E-state index is 4.61. The van der Waals surface area contributed by atoms with E-state index >= 15 is 0 Å². The Morgan fingerprint density at radius 1 is 1.00 bits per heavy atom. The first-order valence-corrected chi connectivity index (χ1v) is 6.75. The highest BCUT2D eigenvalue weighted by Gasteiger charge is 2.06. The first kappa shape index (κ1) is 11.1. The van der Waals surface area contributed by atoms with Gasteiger partial charge >= 0.3 is 0 Å². The standard InChI is InChI=1S/C13H8Br2N2/c1-7-11(15)5-9-3-2-8-4-10(14)6-16-12(8)13(9)17-7/h2-6H,1H3. The van der Waals surface area contributed by atoms with E-state index in [4.69, 9.17) is 0 Å². The fraction of sp³-hybridized carbons (Fsp3) is 0.0769. The van der Waals surface area contributed by atoms with Crippen LogP contribution in [0.4, 0.5) is 0 Å². The summed E-state index contributed by atoms with van der Waals surface area (Å²) in [5.41, 5.74) is 2.88. The van der Waals surface area contributed by atoms with Gasteiger partial charge in [-0.3, -0.25) is 4.98 Å². The van der Waals surface area contributed by atoms with Crippen molar-refractivity contribution in [3.63, 3.8) is 0 Å². The molecule has 0 radical (unpaired) electrons. The molecule has 0 aliphatic carbocycles. The molecular formula is C13H8Br2N2. The molecule has 4 heteroatoms. The summed E-state index contributed by atoms with van der Waals surface area (Å²) < 4.78 is 2.01. The van der Waals surface area contributed by atoms with E-state index < -0.39 is 0 Å². The van der Waals surface area contributed by atoms with Crippen molar-refractivity contribution in [1.82, 2.24) is 9.97 Å². The van der Waals surface area contributed by atoms with Crippen molar-refractivity contribution in [3.8, 4) is 0 Å². The van der Waals surface area contributed by atoms with Crippen LogP contribution in [0.2, 0.25) is 0 Å². The molecule has 0 spiro atoms. The average molecular weight is 352 g/mol. The number of aromatic nitrogens is 2. The van der Waals surface area contributed by atoms with Gasteiger partial charge in [0.1, 0.15) is 0 Å². The zero-order valence-corrected chi connectivity index (χ0v) is 12.2. The number of benzene rings is 1. The SMILES string of the molecule is Cc1nc2c(ccc3cc(Br)cnc32)cc1Br. The molecule has 0 saturated carbocycles. The smallest absolute Gasteiger partial charge is 0.0968 e. The molecule has 0 N–H and O–H groups in total. The van der Waals surface area contributed by atoms with Gasteiger partial charge in [-0.2, -0.15) is 0 Å². The third kappa shape index (κ3) is 1.85. The summed E-state index contributed by atoms with van der Waals surface area (Å²) in [5, 5.41) is 2.20. The van der Waals surface area contributed by atoms with Gasteiger partial charge in [0.15, 0.2) is 0 Å². The van der Waals surface area contributed by atoms with E-state index in [-0.39, 0.29) is 0 Å². The van der Waals surface area contributed by atoms with Gasteiger partial charge in [0, 0.05) is 25.9 Å². The Morgan fingerprint density at radius 3 is 2.47 bits per heavy atom. The van der Waals surface area contributed by atoms with Crippen LogP contribution in [0.25, 0.3) is 21.8 Å². The first-order chi connectivity index (χ1) is 8.15. The molecular weight excluding hydrogens is 344 g/mol. The Morgan fingerprint density at radius 2 is 1.71 bits per heavy atom. The molecule has 17 heavy (non-hydrogen) atoms. The lowest BCUT2D eigenvalue weighted by Crippen LogP contribution is -1.89. The molecule has 84 valence electrons. The molecule has 3 aromatic rings. The average Bonchev–Trinajstić information content (AvgIpc) is 2.30. The number of hydrogen-bond donors (Lipinski definition) is 0. The van der Waals surface area contributed by atoms with Gasteiger partial charge in [-0.15, -0.1) is 0 Å². The van der Waals surface area contributed by atoms with E-state index in [9.17, 15) is 0 Å². The minimum Gasteiger partial charge on any atom is -0.253 e. The van der Waals surface area contributed by atoms with Crippen LogP contribution >= 0.6 is 31.9 Å². The monoisotopic (exact) mass is 350 g/mol. The number of aryl methyl sites for hydroxylation is 1. The minimum absolute atomic E-state index is 0.946. The third-order valence-corrected chi connectivity index (χ3v) is 3.97. The Labute approximate surface area is 115 Å². The van der Waals surface area contributed by atoms with Gasteiger partial charge in [-0.1, -0.05) is 12.1 Å². The zero-order valence-electron chi connectivity index (χ0n) is 9.04. The Bertz CT molecular complexity index is 738. The summed E-state index contributed by atoms with van der Waals surface area (Å²) in [7, 11) is 0. The van der Waals surface area contributed by atoms with Gasteiger partial charge < -0.3 is 0 Å². The molecule has 2 nitrogen and oxygen atoms in total. The van der Waals surface area contributed by atoms with Crippen LogP contribution in [-0.4, -0.2) is 9.97 Å². The van der Waals surface area contributed by atoms with Gasteiger partial charge in [-0.25, -0.2) is 4.98 Å². The largest absolute Gasteiger partial charge is 0.253 e. The van der Waals surface area contributed by atoms with Crippen LogP contribution in [-0.2, 0) is 0 Å². The summed E-state index contributed by atoms with van der Waals surface area (Å²) in [6, 6.07) is 8.28. The number of nitrogens with zero attached hydrogens (tertiary/aromatic N) is 2. The summed E-state index contributed by atoms with van der Waals surface area (Å²) in [5.74, 6) is 0. The van der Waals surface area contributed by atoms with Crippen molar-refractivity contribution in [2.24, 2.45) is 0 Å². The maximum Gasteiger partial charge on any atom is 0.0968 e. The molecule has 0 amide bonds. The van der Waals surface area contributed by atoms with Crippen molar-refractivity contribution in [1.29, 1.82) is 0 Å².